The molecule has 3 rings (SSSR count). The van der Waals surface area contributed by atoms with Crippen molar-refractivity contribution in [1.82, 2.24) is 5.32 Å². The SMILES string of the molecule is O=C1CC[C@H](c2cc(F)c(F)cc2F)C(NC(=O)OCc2ccccc2)C1. The highest BCUT2D eigenvalue weighted by atomic mass is 19.2. The van der Waals surface area contributed by atoms with Crippen molar-refractivity contribution in [1.29, 1.82) is 0 Å². The second kappa shape index (κ2) is 8.24. The van der Waals surface area contributed by atoms with Crippen LogP contribution in [-0.4, -0.2) is 17.9 Å². The highest BCUT2D eigenvalue weighted by Gasteiger charge is 2.34. The van der Waals surface area contributed by atoms with Crippen molar-refractivity contribution >= 4 is 11.9 Å². The smallest absolute Gasteiger partial charge is 0.407 e. The van der Waals surface area contributed by atoms with E-state index in [-0.39, 0.29) is 37.2 Å². The van der Waals surface area contributed by atoms with Gasteiger partial charge >= 0.3 is 6.09 Å². The number of rotatable bonds is 4. The van der Waals surface area contributed by atoms with Gasteiger partial charge in [-0.15, -0.1) is 0 Å². The predicted molar refractivity (Wildman–Crippen MR) is 91.5 cm³/mol. The summed E-state index contributed by atoms with van der Waals surface area (Å²) >= 11 is 0. The first-order chi connectivity index (χ1) is 12.9. The second-order valence-electron chi connectivity index (χ2n) is 6.49. The summed E-state index contributed by atoms with van der Waals surface area (Å²) in [5.74, 6) is -4.11. The van der Waals surface area contributed by atoms with Crippen molar-refractivity contribution in [2.24, 2.45) is 0 Å². The van der Waals surface area contributed by atoms with E-state index >= 15 is 0 Å². The maximum Gasteiger partial charge on any atom is 0.407 e. The Morgan fingerprint density at radius 2 is 1.78 bits per heavy atom. The monoisotopic (exact) mass is 377 g/mol. The van der Waals surface area contributed by atoms with Crippen molar-refractivity contribution in [3.8, 4) is 0 Å². The summed E-state index contributed by atoms with van der Waals surface area (Å²) in [6, 6.07) is 9.53. The molecule has 0 aliphatic heterocycles. The molecule has 1 amide bonds. The Balaban J connectivity index is 1.71. The summed E-state index contributed by atoms with van der Waals surface area (Å²) in [6.45, 7) is 0.0392. The van der Waals surface area contributed by atoms with Crippen LogP contribution in [0, 0.1) is 17.5 Å². The number of alkyl carbamates (subject to hydrolysis) is 1. The van der Waals surface area contributed by atoms with Crippen LogP contribution in [0.25, 0.3) is 0 Å². The quantitative estimate of drug-likeness (QED) is 0.811. The van der Waals surface area contributed by atoms with E-state index in [0.717, 1.165) is 11.6 Å². The molecule has 0 aromatic heterocycles. The van der Waals surface area contributed by atoms with Crippen LogP contribution in [0.2, 0.25) is 0 Å². The summed E-state index contributed by atoms with van der Waals surface area (Å²) in [6.07, 6.45) is -0.375. The third-order valence-corrected chi connectivity index (χ3v) is 4.62. The topological polar surface area (TPSA) is 55.4 Å². The number of nitrogens with one attached hydrogen (secondary N) is 1. The maximum atomic E-state index is 14.2. The number of hydrogen-bond donors (Lipinski definition) is 1. The minimum absolute atomic E-state index is 0.0243. The van der Waals surface area contributed by atoms with Gasteiger partial charge in [-0.1, -0.05) is 30.3 Å². The molecule has 4 nitrogen and oxygen atoms in total. The standard InChI is InChI=1S/C20H18F3NO3/c21-16-10-18(23)17(22)9-15(16)14-7-6-13(25)8-19(14)24-20(26)27-11-12-4-2-1-3-5-12/h1-5,9-10,14,19H,6-8,11H2,(H,24,26)/t14-,19?/m1/s1. The molecule has 0 radical (unpaired) electrons. The molecule has 1 aliphatic carbocycles. The molecule has 1 unspecified atom stereocenters. The Hall–Kier alpha value is -2.83. The van der Waals surface area contributed by atoms with Gasteiger partial charge in [0.05, 0.1) is 0 Å². The van der Waals surface area contributed by atoms with Crippen molar-refractivity contribution in [2.45, 2.75) is 37.8 Å². The number of ketones is 1. The summed E-state index contributed by atoms with van der Waals surface area (Å²) < 4.78 is 46.1. The summed E-state index contributed by atoms with van der Waals surface area (Å²) in [4.78, 5) is 23.9. The van der Waals surface area contributed by atoms with Gasteiger partial charge in [0, 0.05) is 30.9 Å². The van der Waals surface area contributed by atoms with Crippen LogP contribution in [0.15, 0.2) is 42.5 Å². The minimum atomic E-state index is -1.28. The molecule has 1 N–H and O–H groups in total. The molecular formula is C20H18F3NO3. The Labute approximate surface area is 154 Å². The zero-order chi connectivity index (χ0) is 19.4. The van der Waals surface area contributed by atoms with Gasteiger partial charge in [-0.05, 0) is 23.6 Å². The zero-order valence-electron chi connectivity index (χ0n) is 14.4. The molecule has 1 fully saturated rings. The highest BCUT2D eigenvalue weighted by Crippen LogP contribution is 2.34. The van der Waals surface area contributed by atoms with Gasteiger partial charge in [-0.3, -0.25) is 4.79 Å². The number of halogens is 3. The first-order valence-corrected chi connectivity index (χ1v) is 8.57. The lowest BCUT2D eigenvalue weighted by Gasteiger charge is -2.31. The molecule has 7 heteroatoms. The van der Waals surface area contributed by atoms with Crippen LogP contribution in [0.4, 0.5) is 18.0 Å². The van der Waals surface area contributed by atoms with Gasteiger partial charge in [-0.25, -0.2) is 18.0 Å². The van der Waals surface area contributed by atoms with E-state index in [2.05, 4.69) is 5.32 Å². The van der Waals surface area contributed by atoms with Gasteiger partial charge in [0.2, 0.25) is 0 Å². The number of Topliss-reactive ketones (excluding diaryl/α,β-unsaturated/α-hetero) is 1. The number of hydrogen-bond acceptors (Lipinski definition) is 3. The Morgan fingerprint density at radius 1 is 1.07 bits per heavy atom. The zero-order valence-corrected chi connectivity index (χ0v) is 14.4. The fourth-order valence-corrected chi connectivity index (χ4v) is 3.27. The van der Waals surface area contributed by atoms with Crippen LogP contribution in [0.3, 0.4) is 0 Å². The minimum Gasteiger partial charge on any atom is -0.445 e. The highest BCUT2D eigenvalue weighted by molar-refractivity contribution is 5.81. The van der Waals surface area contributed by atoms with Gasteiger partial charge in [-0.2, -0.15) is 0 Å². The van der Waals surface area contributed by atoms with Crippen molar-refractivity contribution < 1.29 is 27.5 Å². The Morgan fingerprint density at radius 3 is 2.52 bits per heavy atom. The lowest BCUT2D eigenvalue weighted by Crippen LogP contribution is -2.43. The molecule has 2 atom stereocenters. The first-order valence-electron chi connectivity index (χ1n) is 8.57. The van der Waals surface area contributed by atoms with Crippen molar-refractivity contribution in [2.75, 3.05) is 0 Å². The van der Waals surface area contributed by atoms with E-state index in [0.29, 0.717) is 6.07 Å². The predicted octanol–water partition coefficient (Wildman–Crippen LogP) is 4.24. The molecule has 2 aromatic rings. The van der Waals surface area contributed by atoms with Crippen LogP contribution in [0.5, 0.6) is 0 Å². The largest absolute Gasteiger partial charge is 0.445 e. The van der Waals surface area contributed by atoms with Crippen LogP contribution in [0.1, 0.15) is 36.3 Å². The molecule has 1 aliphatic rings. The van der Waals surface area contributed by atoms with Crippen LogP contribution < -0.4 is 5.32 Å². The van der Waals surface area contributed by atoms with Gasteiger partial charge in [0.15, 0.2) is 11.6 Å². The number of carbonyl (C=O) groups excluding carboxylic acids is 2. The normalized spacial score (nSPS) is 19.6. The van der Waals surface area contributed by atoms with Crippen LogP contribution in [-0.2, 0) is 16.1 Å². The summed E-state index contributed by atoms with van der Waals surface area (Å²) in [5.41, 5.74) is 0.727. The number of carbonyl (C=O) groups is 2. The van der Waals surface area contributed by atoms with Crippen molar-refractivity contribution in [3.63, 3.8) is 0 Å². The Bertz CT molecular complexity index is 842. The van der Waals surface area contributed by atoms with E-state index in [1.807, 2.05) is 6.07 Å². The molecule has 1 saturated carbocycles. The molecule has 0 heterocycles. The van der Waals surface area contributed by atoms with Crippen LogP contribution >= 0.6 is 0 Å². The van der Waals surface area contributed by atoms with E-state index in [1.165, 1.54) is 0 Å². The second-order valence-corrected chi connectivity index (χ2v) is 6.49. The summed E-state index contributed by atoms with van der Waals surface area (Å²) in [7, 11) is 0. The molecule has 0 saturated heterocycles. The third kappa shape index (κ3) is 4.67. The molecular weight excluding hydrogens is 359 g/mol. The van der Waals surface area contributed by atoms with Gasteiger partial charge in [0.1, 0.15) is 18.2 Å². The molecule has 0 bridgehead atoms. The number of amides is 1. The van der Waals surface area contributed by atoms with E-state index in [1.54, 1.807) is 24.3 Å². The van der Waals surface area contributed by atoms with Gasteiger partial charge in [0.25, 0.3) is 0 Å². The fraction of sp³-hybridized carbons (Fsp3) is 0.300. The molecule has 0 spiro atoms. The molecule has 142 valence electrons. The maximum absolute atomic E-state index is 14.2. The molecule has 27 heavy (non-hydrogen) atoms. The Kier molecular flexibility index (Phi) is 5.78. The summed E-state index contributed by atoms with van der Waals surface area (Å²) in [5, 5.41) is 2.56. The molecule has 2 aromatic carbocycles. The van der Waals surface area contributed by atoms with E-state index in [9.17, 15) is 22.8 Å². The van der Waals surface area contributed by atoms with Crippen molar-refractivity contribution in [3.05, 3.63) is 71.0 Å². The lowest BCUT2D eigenvalue weighted by atomic mass is 9.79. The fourth-order valence-electron chi connectivity index (χ4n) is 3.27. The lowest BCUT2D eigenvalue weighted by molar-refractivity contribution is -0.121. The van der Waals surface area contributed by atoms with E-state index in [4.69, 9.17) is 4.74 Å². The van der Waals surface area contributed by atoms with E-state index < -0.39 is 35.5 Å². The average molecular weight is 377 g/mol. The van der Waals surface area contributed by atoms with Gasteiger partial charge < -0.3 is 10.1 Å². The third-order valence-electron chi connectivity index (χ3n) is 4.62. The number of ether oxygens (including phenoxy) is 1. The number of benzene rings is 2. The first kappa shape index (κ1) is 18.9. The average Bonchev–Trinajstić information content (AvgIpc) is 2.64.